The Morgan fingerprint density at radius 3 is 2.79 bits per heavy atom. The Morgan fingerprint density at radius 1 is 1.43 bits per heavy atom. The summed E-state index contributed by atoms with van der Waals surface area (Å²) < 4.78 is 1.88. The molecule has 3 nitrogen and oxygen atoms in total. The highest BCUT2D eigenvalue weighted by atomic mass is 35.5. The highest BCUT2D eigenvalue weighted by Gasteiger charge is 2.14. The van der Waals surface area contributed by atoms with E-state index in [4.69, 9.17) is 11.6 Å². The molecule has 5 heteroatoms. The first-order chi connectivity index (χ1) is 6.70. The molecule has 0 saturated heterocycles. The van der Waals surface area contributed by atoms with E-state index >= 15 is 0 Å². The summed E-state index contributed by atoms with van der Waals surface area (Å²) in [6, 6.07) is 2.01. The van der Waals surface area contributed by atoms with Crippen LogP contribution in [0.1, 0.15) is 25.6 Å². The average molecular weight is 228 g/mol. The van der Waals surface area contributed by atoms with Gasteiger partial charge in [0.15, 0.2) is 0 Å². The van der Waals surface area contributed by atoms with Crippen molar-refractivity contribution in [1.29, 1.82) is 0 Å². The third-order valence-corrected chi connectivity index (χ3v) is 2.84. The van der Waals surface area contributed by atoms with Crippen molar-refractivity contribution in [2.75, 3.05) is 0 Å². The zero-order valence-electron chi connectivity index (χ0n) is 7.94. The largest absolute Gasteiger partial charge is 0.269 e. The van der Waals surface area contributed by atoms with Crippen LogP contribution < -0.4 is 0 Å². The van der Waals surface area contributed by atoms with Crippen LogP contribution in [0, 0.1) is 0 Å². The van der Waals surface area contributed by atoms with Crippen LogP contribution in [0.15, 0.2) is 16.8 Å². The predicted molar refractivity (Wildman–Crippen MR) is 58.3 cm³/mol. The minimum absolute atomic E-state index is 0.315. The van der Waals surface area contributed by atoms with Crippen molar-refractivity contribution in [2.24, 2.45) is 0 Å². The molecule has 14 heavy (non-hydrogen) atoms. The molecule has 0 aliphatic carbocycles. The van der Waals surface area contributed by atoms with E-state index in [9.17, 15) is 0 Å². The summed E-state index contributed by atoms with van der Waals surface area (Å²) in [5.74, 6) is 1.21. The van der Waals surface area contributed by atoms with Gasteiger partial charge in [0.2, 0.25) is 5.28 Å². The molecule has 0 unspecified atom stereocenters. The fourth-order valence-corrected chi connectivity index (χ4v) is 2.12. The number of halogens is 1. The Balaban J connectivity index is 2.56. The number of hydrogen-bond acceptors (Lipinski definition) is 3. The normalized spacial score (nSPS) is 11.1. The van der Waals surface area contributed by atoms with Gasteiger partial charge in [-0.3, -0.25) is 4.57 Å². The van der Waals surface area contributed by atoms with E-state index in [0.717, 1.165) is 11.5 Å². The van der Waals surface area contributed by atoms with Gasteiger partial charge in [-0.1, -0.05) is 13.8 Å². The van der Waals surface area contributed by atoms with Gasteiger partial charge in [0, 0.05) is 11.3 Å². The topological polar surface area (TPSA) is 30.7 Å². The van der Waals surface area contributed by atoms with Gasteiger partial charge in [-0.15, -0.1) is 10.2 Å². The first-order valence-corrected chi connectivity index (χ1v) is 5.65. The van der Waals surface area contributed by atoms with Crippen LogP contribution in [0.5, 0.6) is 0 Å². The first kappa shape index (κ1) is 9.68. The van der Waals surface area contributed by atoms with Gasteiger partial charge < -0.3 is 0 Å². The summed E-state index contributed by atoms with van der Waals surface area (Å²) in [4.78, 5) is 0. The molecule has 0 radical (unpaired) electrons. The van der Waals surface area contributed by atoms with Crippen molar-refractivity contribution in [2.45, 2.75) is 19.8 Å². The lowest BCUT2D eigenvalue weighted by atomic mass is 10.2. The van der Waals surface area contributed by atoms with E-state index in [1.54, 1.807) is 11.3 Å². The Hall–Kier alpha value is -0.870. The zero-order valence-corrected chi connectivity index (χ0v) is 9.51. The Labute approximate surface area is 91.4 Å². The molecule has 2 aromatic rings. The van der Waals surface area contributed by atoms with Crippen LogP contribution >= 0.6 is 22.9 Å². The number of aromatic nitrogens is 3. The number of nitrogens with zero attached hydrogens (tertiary/aromatic N) is 3. The molecule has 0 atom stereocenters. The van der Waals surface area contributed by atoms with Crippen LogP contribution in [0.2, 0.25) is 5.28 Å². The molecule has 0 spiro atoms. The SMILES string of the molecule is CC(C)c1nnc(Cl)n1-c1ccsc1. The molecule has 0 aliphatic rings. The summed E-state index contributed by atoms with van der Waals surface area (Å²) >= 11 is 7.61. The lowest BCUT2D eigenvalue weighted by molar-refractivity contribution is 0.746. The van der Waals surface area contributed by atoms with E-state index in [1.165, 1.54) is 0 Å². The van der Waals surface area contributed by atoms with Crippen LogP contribution in [-0.4, -0.2) is 14.8 Å². The van der Waals surface area contributed by atoms with Gasteiger partial charge in [0.1, 0.15) is 5.82 Å². The fourth-order valence-electron chi connectivity index (χ4n) is 1.27. The average Bonchev–Trinajstić information content (AvgIpc) is 2.71. The van der Waals surface area contributed by atoms with E-state index < -0.39 is 0 Å². The summed E-state index contributed by atoms with van der Waals surface area (Å²) in [5.41, 5.74) is 1.04. The van der Waals surface area contributed by atoms with Crippen molar-refractivity contribution in [3.05, 3.63) is 27.9 Å². The smallest absolute Gasteiger partial charge is 0.229 e. The maximum absolute atomic E-state index is 5.97. The van der Waals surface area contributed by atoms with Gasteiger partial charge in [-0.25, -0.2) is 0 Å². The summed E-state index contributed by atoms with van der Waals surface area (Å²) in [5, 5.41) is 12.4. The van der Waals surface area contributed by atoms with Gasteiger partial charge >= 0.3 is 0 Å². The number of rotatable bonds is 2. The van der Waals surface area contributed by atoms with Crippen molar-refractivity contribution >= 4 is 22.9 Å². The molecule has 0 aliphatic heterocycles. The molecule has 0 fully saturated rings. The molecule has 0 saturated carbocycles. The van der Waals surface area contributed by atoms with Crippen LogP contribution in [0.4, 0.5) is 0 Å². The molecule has 0 N–H and O–H groups in total. The summed E-state index contributed by atoms with van der Waals surface area (Å²) in [6.45, 7) is 4.15. The number of hydrogen-bond donors (Lipinski definition) is 0. The van der Waals surface area contributed by atoms with Crippen molar-refractivity contribution < 1.29 is 0 Å². The maximum atomic E-state index is 5.97. The van der Waals surface area contributed by atoms with Gasteiger partial charge in [0.25, 0.3) is 0 Å². The lowest BCUT2D eigenvalue weighted by Crippen LogP contribution is -2.01. The quantitative estimate of drug-likeness (QED) is 0.789. The summed E-state index contributed by atoms with van der Waals surface area (Å²) in [6.07, 6.45) is 0. The molecule has 0 bridgehead atoms. The molecule has 2 rings (SSSR count). The Bertz CT molecular complexity index is 419. The molecule has 0 amide bonds. The monoisotopic (exact) mass is 227 g/mol. The molecule has 74 valence electrons. The van der Waals surface area contributed by atoms with E-state index in [0.29, 0.717) is 11.2 Å². The van der Waals surface area contributed by atoms with E-state index in [2.05, 4.69) is 24.0 Å². The summed E-state index contributed by atoms with van der Waals surface area (Å²) in [7, 11) is 0. The van der Waals surface area contributed by atoms with Crippen LogP contribution in [-0.2, 0) is 0 Å². The van der Waals surface area contributed by atoms with Crippen LogP contribution in [0.3, 0.4) is 0 Å². The third-order valence-electron chi connectivity index (χ3n) is 1.93. The third kappa shape index (κ3) is 1.55. The standard InChI is InChI=1S/C9H10ClN3S/c1-6(2)8-11-12-9(10)13(8)7-3-4-14-5-7/h3-6H,1-2H3. The van der Waals surface area contributed by atoms with Gasteiger partial charge in [-0.05, 0) is 23.0 Å². The number of thiophene rings is 1. The molecular formula is C9H10ClN3S. The van der Waals surface area contributed by atoms with Crippen molar-refractivity contribution in [3.63, 3.8) is 0 Å². The minimum atomic E-state index is 0.315. The zero-order chi connectivity index (χ0) is 10.1. The highest BCUT2D eigenvalue weighted by Crippen LogP contribution is 2.23. The van der Waals surface area contributed by atoms with Crippen molar-refractivity contribution in [3.8, 4) is 5.69 Å². The van der Waals surface area contributed by atoms with Crippen LogP contribution in [0.25, 0.3) is 5.69 Å². The van der Waals surface area contributed by atoms with Gasteiger partial charge in [-0.2, -0.15) is 11.3 Å². The molecular weight excluding hydrogens is 218 g/mol. The maximum Gasteiger partial charge on any atom is 0.229 e. The Kier molecular flexibility index (Phi) is 2.56. The van der Waals surface area contributed by atoms with Crippen molar-refractivity contribution in [1.82, 2.24) is 14.8 Å². The second-order valence-electron chi connectivity index (χ2n) is 3.30. The first-order valence-electron chi connectivity index (χ1n) is 4.33. The van der Waals surface area contributed by atoms with Gasteiger partial charge in [0.05, 0.1) is 5.69 Å². The second-order valence-corrected chi connectivity index (χ2v) is 4.42. The van der Waals surface area contributed by atoms with E-state index in [1.807, 2.05) is 21.4 Å². The highest BCUT2D eigenvalue weighted by molar-refractivity contribution is 7.08. The Morgan fingerprint density at radius 2 is 2.21 bits per heavy atom. The second kappa shape index (κ2) is 3.71. The lowest BCUT2D eigenvalue weighted by Gasteiger charge is -2.07. The molecule has 2 heterocycles. The van der Waals surface area contributed by atoms with E-state index in [-0.39, 0.29) is 0 Å². The molecule has 2 aromatic heterocycles. The molecule has 0 aromatic carbocycles. The predicted octanol–water partition coefficient (Wildman–Crippen LogP) is 3.11. The fraction of sp³-hybridized carbons (Fsp3) is 0.333. The minimum Gasteiger partial charge on any atom is -0.269 e.